The van der Waals surface area contributed by atoms with Gasteiger partial charge in [-0.3, -0.25) is 4.79 Å². The number of hydrogen-bond acceptors (Lipinski definition) is 5. The average Bonchev–Trinajstić information content (AvgIpc) is 2.85. The zero-order valence-electron chi connectivity index (χ0n) is 11.0. The topological polar surface area (TPSA) is 68.2 Å². The number of ether oxygens (including phenoxy) is 3. The molecule has 0 fully saturated rings. The zero-order valence-corrected chi connectivity index (χ0v) is 11.0. The summed E-state index contributed by atoms with van der Waals surface area (Å²) in [5.41, 5.74) is 0.497. The van der Waals surface area contributed by atoms with Crippen LogP contribution >= 0.6 is 0 Å². The lowest BCUT2D eigenvalue weighted by Crippen LogP contribution is -2.36. The molecule has 2 rings (SSSR count). The van der Waals surface area contributed by atoms with E-state index in [1.807, 2.05) is 0 Å². The molecular weight excluding hydrogens is 250 g/mol. The Morgan fingerprint density at radius 1 is 1.47 bits per heavy atom. The van der Waals surface area contributed by atoms with Gasteiger partial charge in [-0.15, -0.1) is 0 Å². The Morgan fingerprint density at radius 3 is 2.95 bits per heavy atom. The monoisotopic (exact) mass is 267 g/mol. The highest BCUT2D eigenvalue weighted by Gasteiger charge is 2.19. The fraction of sp³-hybridized carbons (Fsp3) is 0.462. The predicted molar refractivity (Wildman–Crippen MR) is 67.4 cm³/mol. The minimum atomic E-state index is -0.701. The number of aliphatic hydroxyl groups excluding tert-OH is 1. The second-order valence-corrected chi connectivity index (χ2v) is 4.36. The first kappa shape index (κ1) is 13.6. The van der Waals surface area contributed by atoms with E-state index < -0.39 is 6.10 Å². The van der Waals surface area contributed by atoms with Crippen molar-refractivity contribution in [3.05, 3.63) is 23.8 Å². The van der Waals surface area contributed by atoms with Gasteiger partial charge in [0.25, 0.3) is 5.91 Å². The van der Waals surface area contributed by atoms with Gasteiger partial charge < -0.3 is 24.2 Å². The third-order valence-electron chi connectivity index (χ3n) is 2.81. The number of methoxy groups -OCH3 is 1. The molecule has 1 N–H and O–H groups in total. The quantitative estimate of drug-likeness (QED) is 0.841. The summed E-state index contributed by atoms with van der Waals surface area (Å²) < 4.78 is 15.2. The fourth-order valence-electron chi connectivity index (χ4n) is 1.89. The van der Waals surface area contributed by atoms with Crippen LogP contribution in [0.5, 0.6) is 11.5 Å². The minimum Gasteiger partial charge on any atom is -0.454 e. The Kier molecular flexibility index (Phi) is 4.24. The average molecular weight is 267 g/mol. The van der Waals surface area contributed by atoms with Crippen LogP contribution in [0.1, 0.15) is 10.4 Å². The number of carbonyl (C=O) groups excluding carboxylic acids is 1. The highest BCUT2D eigenvalue weighted by Crippen LogP contribution is 2.32. The van der Waals surface area contributed by atoms with Crippen molar-refractivity contribution in [2.24, 2.45) is 0 Å². The van der Waals surface area contributed by atoms with Crippen LogP contribution in [0, 0.1) is 0 Å². The van der Waals surface area contributed by atoms with Gasteiger partial charge in [0, 0.05) is 26.3 Å². The summed E-state index contributed by atoms with van der Waals surface area (Å²) in [5, 5.41) is 9.61. The highest BCUT2D eigenvalue weighted by molar-refractivity contribution is 5.94. The van der Waals surface area contributed by atoms with Crippen molar-refractivity contribution < 1.29 is 24.1 Å². The van der Waals surface area contributed by atoms with Crippen molar-refractivity contribution in [2.75, 3.05) is 34.1 Å². The SMILES string of the molecule is COCC(O)CN(C)C(=O)c1ccc2c(c1)OCO2. The van der Waals surface area contributed by atoms with E-state index in [0.717, 1.165) is 0 Å². The second-order valence-electron chi connectivity index (χ2n) is 4.36. The molecule has 1 aliphatic heterocycles. The van der Waals surface area contributed by atoms with Crippen molar-refractivity contribution in [1.82, 2.24) is 4.90 Å². The molecule has 1 heterocycles. The molecule has 0 aromatic heterocycles. The molecule has 1 aliphatic rings. The van der Waals surface area contributed by atoms with Crippen LogP contribution in [0.2, 0.25) is 0 Å². The Morgan fingerprint density at radius 2 is 2.21 bits per heavy atom. The summed E-state index contributed by atoms with van der Waals surface area (Å²) in [6.45, 7) is 0.579. The summed E-state index contributed by atoms with van der Waals surface area (Å²) >= 11 is 0. The summed E-state index contributed by atoms with van der Waals surface area (Å²) in [6, 6.07) is 5.02. The second kappa shape index (κ2) is 5.90. The van der Waals surface area contributed by atoms with Gasteiger partial charge in [0.05, 0.1) is 12.7 Å². The van der Waals surface area contributed by atoms with Crippen LogP contribution < -0.4 is 9.47 Å². The normalized spacial score (nSPS) is 14.3. The molecule has 1 unspecified atom stereocenters. The molecule has 1 aromatic carbocycles. The number of likely N-dealkylation sites (N-methyl/N-ethyl adjacent to an activating group) is 1. The molecule has 0 saturated heterocycles. The van der Waals surface area contributed by atoms with E-state index in [1.54, 1.807) is 25.2 Å². The molecular formula is C13H17NO5. The van der Waals surface area contributed by atoms with Crippen molar-refractivity contribution >= 4 is 5.91 Å². The van der Waals surface area contributed by atoms with Crippen LogP contribution in [0.15, 0.2) is 18.2 Å². The molecule has 0 bridgehead atoms. The first-order valence-corrected chi connectivity index (χ1v) is 5.94. The lowest BCUT2D eigenvalue weighted by molar-refractivity contribution is 0.0380. The third-order valence-corrected chi connectivity index (χ3v) is 2.81. The van der Waals surface area contributed by atoms with Crippen LogP contribution in [0.3, 0.4) is 0 Å². The number of fused-ring (bicyclic) bond motifs is 1. The van der Waals surface area contributed by atoms with E-state index in [0.29, 0.717) is 17.1 Å². The van der Waals surface area contributed by atoms with Gasteiger partial charge in [-0.25, -0.2) is 0 Å². The fourth-order valence-corrected chi connectivity index (χ4v) is 1.89. The van der Waals surface area contributed by atoms with Gasteiger partial charge >= 0.3 is 0 Å². The smallest absolute Gasteiger partial charge is 0.253 e. The maximum atomic E-state index is 12.2. The summed E-state index contributed by atoms with van der Waals surface area (Å²) in [5.74, 6) is 1.02. The number of amides is 1. The van der Waals surface area contributed by atoms with E-state index in [4.69, 9.17) is 14.2 Å². The molecule has 104 valence electrons. The van der Waals surface area contributed by atoms with Gasteiger partial charge in [0.15, 0.2) is 11.5 Å². The lowest BCUT2D eigenvalue weighted by Gasteiger charge is -2.20. The maximum absolute atomic E-state index is 12.2. The zero-order chi connectivity index (χ0) is 13.8. The van der Waals surface area contributed by atoms with Gasteiger partial charge in [-0.05, 0) is 18.2 Å². The van der Waals surface area contributed by atoms with E-state index in [9.17, 15) is 9.90 Å². The molecule has 19 heavy (non-hydrogen) atoms. The third kappa shape index (κ3) is 3.15. The molecule has 0 saturated carbocycles. The molecule has 6 heteroatoms. The Balaban J connectivity index is 2.02. The largest absolute Gasteiger partial charge is 0.454 e. The van der Waals surface area contributed by atoms with Crippen LogP contribution in [-0.2, 0) is 4.74 Å². The van der Waals surface area contributed by atoms with Crippen molar-refractivity contribution in [1.29, 1.82) is 0 Å². The molecule has 1 atom stereocenters. The van der Waals surface area contributed by atoms with E-state index in [2.05, 4.69) is 0 Å². The Labute approximate surface area is 111 Å². The van der Waals surface area contributed by atoms with Gasteiger partial charge in [-0.1, -0.05) is 0 Å². The van der Waals surface area contributed by atoms with Crippen molar-refractivity contribution in [3.63, 3.8) is 0 Å². The van der Waals surface area contributed by atoms with Crippen molar-refractivity contribution in [3.8, 4) is 11.5 Å². The Hall–Kier alpha value is -1.79. The molecule has 0 aliphatic carbocycles. The van der Waals surface area contributed by atoms with E-state index in [-0.39, 0.29) is 25.9 Å². The molecule has 0 spiro atoms. The number of aliphatic hydroxyl groups is 1. The van der Waals surface area contributed by atoms with Crippen LogP contribution in [0.25, 0.3) is 0 Å². The van der Waals surface area contributed by atoms with Crippen LogP contribution in [0.4, 0.5) is 0 Å². The molecule has 1 amide bonds. The highest BCUT2D eigenvalue weighted by atomic mass is 16.7. The lowest BCUT2D eigenvalue weighted by atomic mass is 10.1. The van der Waals surface area contributed by atoms with E-state index in [1.165, 1.54) is 12.0 Å². The van der Waals surface area contributed by atoms with Crippen molar-refractivity contribution in [2.45, 2.75) is 6.10 Å². The van der Waals surface area contributed by atoms with Crippen LogP contribution in [-0.4, -0.2) is 56.1 Å². The van der Waals surface area contributed by atoms with E-state index >= 15 is 0 Å². The standard InChI is InChI=1S/C13H17NO5/c1-14(6-10(15)7-17-2)13(16)9-3-4-11-12(5-9)19-8-18-11/h3-5,10,15H,6-8H2,1-2H3. The van der Waals surface area contributed by atoms with Gasteiger partial charge in [0.2, 0.25) is 6.79 Å². The minimum absolute atomic E-state index is 0.176. The summed E-state index contributed by atoms with van der Waals surface area (Å²) in [4.78, 5) is 13.6. The number of rotatable bonds is 5. The number of benzene rings is 1. The number of carbonyl (C=O) groups is 1. The van der Waals surface area contributed by atoms with Gasteiger partial charge in [0.1, 0.15) is 0 Å². The summed E-state index contributed by atoms with van der Waals surface area (Å²) in [7, 11) is 3.13. The maximum Gasteiger partial charge on any atom is 0.253 e. The Bertz CT molecular complexity index is 462. The first-order valence-electron chi connectivity index (χ1n) is 5.94. The first-order chi connectivity index (χ1) is 9.11. The number of nitrogens with zero attached hydrogens (tertiary/aromatic N) is 1. The number of hydrogen-bond donors (Lipinski definition) is 1. The van der Waals surface area contributed by atoms with Gasteiger partial charge in [-0.2, -0.15) is 0 Å². The predicted octanol–water partition coefficient (Wildman–Crippen LogP) is 0.495. The molecule has 6 nitrogen and oxygen atoms in total. The molecule has 0 radical (unpaired) electrons. The summed E-state index contributed by atoms with van der Waals surface area (Å²) in [6.07, 6.45) is -0.701. The molecule has 1 aromatic rings.